The molecule has 0 atom stereocenters. The minimum Gasteiger partial charge on any atom is -0.396 e. The molecule has 0 aliphatic heterocycles. The summed E-state index contributed by atoms with van der Waals surface area (Å²) < 4.78 is 1.34. The molecule has 0 saturated carbocycles. The maximum Gasteiger partial charge on any atom is 0.288 e. The van der Waals surface area contributed by atoms with Crippen molar-refractivity contribution in [3.8, 4) is 0 Å². The number of nitrogens with two attached hydrogens (primary N) is 1. The minimum atomic E-state index is -0.114. The monoisotopic (exact) mass is 221 g/mol. The number of nitrogens with zero attached hydrogens (tertiary/aromatic N) is 2. The van der Waals surface area contributed by atoms with Gasteiger partial charge in [-0.1, -0.05) is 0 Å². The molecule has 0 bridgehead atoms. The van der Waals surface area contributed by atoms with Gasteiger partial charge in [-0.05, 0) is 30.9 Å². The molecule has 0 aliphatic carbocycles. The van der Waals surface area contributed by atoms with E-state index in [2.05, 4.69) is 5.10 Å². The van der Waals surface area contributed by atoms with Crippen molar-refractivity contribution in [2.24, 2.45) is 0 Å². The number of rotatable bonds is 1. The van der Waals surface area contributed by atoms with E-state index in [1.54, 1.807) is 6.92 Å². The first-order chi connectivity index (χ1) is 7.11. The highest BCUT2D eigenvalue weighted by atomic mass is 32.1. The highest BCUT2D eigenvalue weighted by Crippen LogP contribution is 2.18. The number of hydrogen-bond acceptors (Lipinski definition) is 4. The third-order valence-corrected chi connectivity index (χ3v) is 3.30. The Balaban J connectivity index is 2.46. The molecule has 2 rings (SSSR count). The van der Waals surface area contributed by atoms with Gasteiger partial charge in [-0.25, -0.2) is 0 Å². The summed E-state index contributed by atoms with van der Waals surface area (Å²) in [4.78, 5) is 12.7. The van der Waals surface area contributed by atoms with E-state index in [0.717, 1.165) is 5.56 Å². The van der Waals surface area contributed by atoms with Gasteiger partial charge in [0.2, 0.25) is 0 Å². The van der Waals surface area contributed by atoms with Crippen molar-refractivity contribution < 1.29 is 4.79 Å². The molecule has 0 aromatic carbocycles. The number of hydrogen-bond donors (Lipinski definition) is 1. The van der Waals surface area contributed by atoms with Crippen molar-refractivity contribution in [3.63, 3.8) is 0 Å². The summed E-state index contributed by atoms with van der Waals surface area (Å²) >= 11 is 1.42. The maximum atomic E-state index is 12.0. The smallest absolute Gasteiger partial charge is 0.288 e. The number of anilines is 1. The van der Waals surface area contributed by atoms with Crippen LogP contribution < -0.4 is 5.73 Å². The molecule has 2 N–H and O–H groups in total. The van der Waals surface area contributed by atoms with E-state index in [-0.39, 0.29) is 5.91 Å². The lowest BCUT2D eigenvalue weighted by molar-refractivity contribution is 0.0946. The number of carbonyl (C=O) groups is 1. The van der Waals surface area contributed by atoms with Gasteiger partial charge < -0.3 is 5.73 Å². The molecule has 78 valence electrons. The molecule has 0 saturated heterocycles. The standard InChI is InChI=1S/C10H11N3OS/c1-6-3-4-15-9(6)10(14)13-7(2)8(11)5-12-13/h3-5H,11H2,1-2H3. The van der Waals surface area contributed by atoms with E-state index >= 15 is 0 Å². The van der Waals surface area contributed by atoms with Gasteiger partial charge >= 0.3 is 0 Å². The van der Waals surface area contributed by atoms with E-state index in [0.29, 0.717) is 16.3 Å². The Morgan fingerprint density at radius 2 is 2.27 bits per heavy atom. The first kappa shape index (κ1) is 9.92. The van der Waals surface area contributed by atoms with Crippen LogP contribution >= 0.6 is 11.3 Å². The summed E-state index contributed by atoms with van der Waals surface area (Å²) in [6.07, 6.45) is 1.50. The van der Waals surface area contributed by atoms with Crippen LogP contribution in [0.1, 0.15) is 20.9 Å². The van der Waals surface area contributed by atoms with Gasteiger partial charge in [0.05, 0.1) is 22.5 Å². The summed E-state index contributed by atoms with van der Waals surface area (Å²) in [5, 5.41) is 5.85. The Bertz CT molecular complexity index is 512. The SMILES string of the molecule is Cc1ccsc1C(=O)n1ncc(N)c1C. The number of aromatic nitrogens is 2. The zero-order valence-electron chi connectivity index (χ0n) is 8.52. The molecule has 2 aromatic heterocycles. The molecular weight excluding hydrogens is 210 g/mol. The number of aryl methyl sites for hydroxylation is 1. The Kier molecular flexibility index (Phi) is 2.32. The zero-order valence-corrected chi connectivity index (χ0v) is 9.34. The number of carbonyl (C=O) groups excluding carboxylic acids is 1. The van der Waals surface area contributed by atoms with Crippen molar-refractivity contribution >= 4 is 22.9 Å². The van der Waals surface area contributed by atoms with Crippen molar-refractivity contribution in [1.82, 2.24) is 9.78 Å². The predicted molar refractivity (Wildman–Crippen MR) is 60.2 cm³/mol. The van der Waals surface area contributed by atoms with E-state index in [1.165, 1.54) is 22.2 Å². The Morgan fingerprint density at radius 1 is 1.53 bits per heavy atom. The van der Waals surface area contributed by atoms with E-state index in [4.69, 9.17) is 5.73 Å². The average molecular weight is 221 g/mol. The van der Waals surface area contributed by atoms with Crippen LogP contribution in [0.25, 0.3) is 0 Å². The van der Waals surface area contributed by atoms with Crippen LogP contribution in [0, 0.1) is 13.8 Å². The molecule has 0 unspecified atom stereocenters. The highest BCUT2D eigenvalue weighted by Gasteiger charge is 2.16. The Labute approximate surface area is 91.3 Å². The van der Waals surface area contributed by atoms with Crippen LogP contribution in [0.5, 0.6) is 0 Å². The lowest BCUT2D eigenvalue weighted by Gasteiger charge is -2.01. The molecule has 0 spiro atoms. The quantitative estimate of drug-likeness (QED) is 0.799. The van der Waals surface area contributed by atoms with Crippen LogP contribution in [0.15, 0.2) is 17.6 Å². The second kappa shape index (κ2) is 3.51. The van der Waals surface area contributed by atoms with Gasteiger partial charge in [-0.2, -0.15) is 9.78 Å². The summed E-state index contributed by atoms with van der Waals surface area (Å²) in [6, 6.07) is 1.92. The summed E-state index contributed by atoms with van der Waals surface area (Å²) in [5.74, 6) is -0.114. The van der Waals surface area contributed by atoms with E-state index in [1.807, 2.05) is 18.4 Å². The first-order valence-electron chi connectivity index (χ1n) is 4.50. The topological polar surface area (TPSA) is 60.9 Å². The highest BCUT2D eigenvalue weighted by molar-refractivity contribution is 7.12. The van der Waals surface area contributed by atoms with Crippen molar-refractivity contribution in [2.45, 2.75) is 13.8 Å². The van der Waals surface area contributed by atoms with E-state index < -0.39 is 0 Å². The molecule has 0 aliphatic rings. The lowest BCUT2D eigenvalue weighted by atomic mass is 10.3. The van der Waals surface area contributed by atoms with Gasteiger partial charge in [0, 0.05) is 0 Å². The van der Waals surface area contributed by atoms with Crippen LogP contribution in [0.3, 0.4) is 0 Å². The fourth-order valence-corrected chi connectivity index (χ4v) is 2.16. The fraction of sp³-hybridized carbons (Fsp3) is 0.200. The van der Waals surface area contributed by atoms with Crippen molar-refractivity contribution in [3.05, 3.63) is 33.8 Å². The molecule has 0 amide bonds. The van der Waals surface area contributed by atoms with Gasteiger partial charge in [-0.3, -0.25) is 4.79 Å². The minimum absolute atomic E-state index is 0.114. The molecule has 0 radical (unpaired) electrons. The Hall–Kier alpha value is -1.62. The van der Waals surface area contributed by atoms with Crippen LogP contribution in [-0.4, -0.2) is 15.7 Å². The third-order valence-electron chi connectivity index (χ3n) is 2.30. The van der Waals surface area contributed by atoms with E-state index in [9.17, 15) is 4.79 Å². The van der Waals surface area contributed by atoms with Crippen LogP contribution in [0.4, 0.5) is 5.69 Å². The second-order valence-electron chi connectivity index (χ2n) is 3.34. The molecule has 2 heterocycles. The van der Waals surface area contributed by atoms with Crippen LogP contribution in [0.2, 0.25) is 0 Å². The van der Waals surface area contributed by atoms with Crippen molar-refractivity contribution in [1.29, 1.82) is 0 Å². The normalized spacial score (nSPS) is 10.5. The summed E-state index contributed by atoms with van der Waals surface area (Å²) in [6.45, 7) is 3.69. The van der Waals surface area contributed by atoms with Gasteiger partial charge in [-0.15, -0.1) is 11.3 Å². The first-order valence-corrected chi connectivity index (χ1v) is 5.38. The molecule has 0 fully saturated rings. The zero-order chi connectivity index (χ0) is 11.0. The molecule has 15 heavy (non-hydrogen) atoms. The van der Waals surface area contributed by atoms with Gasteiger partial charge in [0.15, 0.2) is 0 Å². The van der Waals surface area contributed by atoms with Crippen molar-refractivity contribution in [2.75, 3.05) is 5.73 Å². The van der Waals surface area contributed by atoms with Gasteiger partial charge in [0.1, 0.15) is 0 Å². The fourth-order valence-electron chi connectivity index (χ4n) is 1.32. The second-order valence-corrected chi connectivity index (χ2v) is 4.25. The lowest BCUT2D eigenvalue weighted by Crippen LogP contribution is -2.14. The largest absolute Gasteiger partial charge is 0.396 e. The third kappa shape index (κ3) is 1.55. The molecule has 2 aromatic rings. The maximum absolute atomic E-state index is 12.0. The summed E-state index contributed by atoms with van der Waals surface area (Å²) in [7, 11) is 0. The molecule has 5 heteroatoms. The van der Waals surface area contributed by atoms with Gasteiger partial charge in [0.25, 0.3) is 5.91 Å². The Morgan fingerprint density at radius 3 is 2.73 bits per heavy atom. The number of nitrogen functional groups attached to an aromatic ring is 1. The predicted octanol–water partition coefficient (Wildman–Crippen LogP) is 1.83. The number of thiophene rings is 1. The average Bonchev–Trinajstić information content (AvgIpc) is 2.75. The molecular formula is C10H11N3OS. The summed E-state index contributed by atoms with van der Waals surface area (Å²) in [5.41, 5.74) is 7.84. The van der Waals surface area contributed by atoms with Crippen LogP contribution in [-0.2, 0) is 0 Å². The molecule has 4 nitrogen and oxygen atoms in total.